The van der Waals surface area contributed by atoms with Crippen molar-refractivity contribution in [3.63, 3.8) is 0 Å². The molecule has 2 aliphatic heterocycles. The molecule has 1 saturated carbocycles. The molecule has 2 heterocycles. The lowest BCUT2D eigenvalue weighted by molar-refractivity contribution is -0.141. The van der Waals surface area contributed by atoms with Gasteiger partial charge in [0.05, 0.1) is 10.0 Å². The Morgan fingerprint density at radius 2 is 1.55 bits per heavy atom. The van der Waals surface area contributed by atoms with Crippen LogP contribution < -0.4 is 5.32 Å². The third-order valence-corrected chi connectivity index (χ3v) is 9.08. The van der Waals surface area contributed by atoms with E-state index in [0.29, 0.717) is 61.1 Å². The molecular formula is C30H35Cl2N3O3. The van der Waals surface area contributed by atoms with Gasteiger partial charge in [0.25, 0.3) is 5.91 Å². The molecule has 1 aliphatic carbocycles. The number of hydrogen-bond acceptors (Lipinski definition) is 3. The van der Waals surface area contributed by atoms with Crippen molar-refractivity contribution in [2.45, 2.75) is 57.4 Å². The molecule has 2 saturated heterocycles. The van der Waals surface area contributed by atoms with Crippen LogP contribution in [0.2, 0.25) is 10.0 Å². The van der Waals surface area contributed by atoms with Gasteiger partial charge in [-0.1, -0.05) is 41.4 Å². The van der Waals surface area contributed by atoms with E-state index in [1.807, 2.05) is 34.1 Å². The molecular weight excluding hydrogens is 521 g/mol. The normalized spacial score (nSPS) is 22.3. The topological polar surface area (TPSA) is 69.7 Å². The average Bonchev–Trinajstić information content (AvgIpc) is 3.74. The van der Waals surface area contributed by atoms with Crippen molar-refractivity contribution >= 4 is 40.9 Å². The maximum Gasteiger partial charge on any atom is 0.251 e. The number of piperidine rings is 2. The Balaban J connectivity index is 1.29. The number of likely N-dealkylation sites (tertiary alicyclic amines) is 2. The summed E-state index contributed by atoms with van der Waals surface area (Å²) in [5, 5.41) is 4.18. The summed E-state index contributed by atoms with van der Waals surface area (Å²) in [6, 6.07) is 13.3. The number of nitrogens with one attached hydrogen (secondary N) is 1. The highest BCUT2D eigenvalue weighted by atomic mass is 35.5. The molecule has 1 N–H and O–H groups in total. The number of halogens is 2. The maximum absolute atomic E-state index is 13.5. The molecule has 6 nitrogen and oxygen atoms in total. The molecule has 202 valence electrons. The summed E-state index contributed by atoms with van der Waals surface area (Å²) in [5.74, 6) is 0.697. The standard InChI is InChI=1S/C30H35Cl2N3O3/c1-19(36)34-13-10-23(11-14-34)30(38)35-15-12-28(25(18-35)24-8-9-26(31)27(32)17-24)33-29(37)22-6-4-21(5-7-22)16-20-2-3-20/h4-9,17,20,23,25,28H,2-3,10-16,18H2,1H3,(H,33,37). The molecule has 0 aromatic heterocycles. The Labute approximate surface area is 234 Å². The lowest BCUT2D eigenvalue weighted by Crippen LogP contribution is -2.53. The van der Waals surface area contributed by atoms with Crippen LogP contribution >= 0.6 is 23.2 Å². The van der Waals surface area contributed by atoms with E-state index in [0.717, 1.165) is 17.9 Å². The Kier molecular flexibility index (Phi) is 8.29. The van der Waals surface area contributed by atoms with Gasteiger partial charge in [-0.15, -0.1) is 0 Å². The molecule has 38 heavy (non-hydrogen) atoms. The molecule has 2 unspecified atom stereocenters. The first kappa shape index (κ1) is 27.0. The van der Waals surface area contributed by atoms with Crippen molar-refractivity contribution in [3.05, 3.63) is 69.2 Å². The Morgan fingerprint density at radius 1 is 0.868 bits per heavy atom. The van der Waals surface area contributed by atoms with E-state index in [4.69, 9.17) is 23.2 Å². The highest BCUT2D eigenvalue weighted by Crippen LogP contribution is 2.34. The van der Waals surface area contributed by atoms with Crippen LogP contribution in [0.15, 0.2) is 42.5 Å². The van der Waals surface area contributed by atoms with Gasteiger partial charge in [-0.05, 0) is 79.8 Å². The second kappa shape index (κ2) is 11.7. The molecule has 2 aromatic rings. The van der Waals surface area contributed by atoms with Gasteiger partial charge in [0.15, 0.2) is 0 Å². The summed E-state index contributed by atoms with van der Waals surface area (Å²) in [5.41, 5.74) is 2.88. The second-order valence-electron chi connectivity index (χ2n) is 11.1. The van der Waals surface area contributed by atoms with E-state index < -0.39 is 0 Å². The monoisotopic (exact) mass is 555 g/mol. The van der Waals surface area contributed by atoms with Crippen LogP contribution in [0.5, 0.6) is 0 Å². The lowest BCUT2D eigenvalue weighted by Gasteiger charge is -2.41. The highest BCUT2D eigenvalue weighted by Gasteiger charge is 2.37. The predicted molar refractivity (Wildman–Crippen MR) is 150 cm³/mol. The number of hydrogen-bond donors (Lipinski definition) is 1. The maximum atomic E-state index is 13.5. The number of carbonyl (C=O) groups is 3. The van der Waals surface area contributed by atoms with E-state index >= 15 is 0 Å². The van der Waals surface area contributed by atoms with Crippen LogP contribution in [0.1, 0.15) is 66.4 Å². The molecule has 8 heteroatoms. The zero-order valence-electron chi connectivity index (χ0n) is 21.8. The molecule has 3 amide bonds. The van der Waals surface area contributed by atoms with Gasteiger partial charge >= 0.3 is 0 Å². The first-order valence-electron chi connectivity index (χ1n) is 13.7. The van der Waals surface area contributed by atoms with Crippen molar-refractivity contribution in [1.29, 1.82) is 0 Å². The fraction of sp³-hybridized carbons (Fsp3) is 0.500. The molecule has 5 rings (SSSR count). The van der Waals surface area contributed by atoms with Crippen LogP contribution in [0.4, 0.5) is 0 Å². The van der Waals surface area contributed by atoms with Gasteiger partial charge in [-0.25, -0.2) is 0 Å². The minimum atomic E-state index is -0.144. The summed E-state index contributed by atoms with van der Waals surface area (Å²) < 4.78 is 0. The summed E-state index contributed by atoms with van der Waals surface area (Å²) >= 11 is 12.6. The molecule has 0 radical (unpaired) electrons. The number of rotatable bonds is 6. The number of nitrogens with zero attached hydrogens (tertiary/aromatic N) is 2. The van der Waals surface area contributed by atoms with Gasteiger partial charge in [-0.2, -0.15) is 0 Å². The van der Waals surface area contributed by atoms with Crippen molar-refractivity contribution in [2.75, 3.05) is 26.2 Å². The number of benzene rings is 2. The van der Waals surface area contributed by atoms with E-state index in [1.54, 1.807) is 13.0 Å². The summed E-state index contributed by atoms with van der Waals surface area (Å²) in [6.07, 6.45) is 5.71. The van der Waals surface area contributed by atoms with Crippen molar-refractivity contribution in [1.82, 2.24) is 15.1 Å². The third-order valence-electron chi connectivity index (χ3n) is 8.34. The molecule has 3 fully saturated rings. The number of carbonyl (C=O) groups excluding carboxylic acids is 3. The summed E-state index contributed by atoms with van der Waals surface area (Å²) in [6.45, 7) is 3.89. The van der Waals surface area contributed by atoms with Crippen LogP contribution in [0.25, 0.3) is 0 Å². The largest absolute Gasteiger partial charge is 0.349 e. The number of amides is 3. The van der Waals surface area contributed by atoms with Gasteiger partial charge in [-0.3, -0.25) is 14.4 Å². The van der Waals surface area contributed by atoms with E-state index in [-0.39, 0.29) is 35.6 Å². The zero-order chi connectivity index (χ0) is 26.8. The fourth-order valence-corrected chi connectivity index (χ4v) is 6.11. The predicted octanol–water partition coefficient (Wildman–Crippen LogP) is 5.32. The van der Waals surface area contributed by atoms with Crippen LogP contribution in [0.3, 0.4) is 0 Å². The fourth-order valence-electron chi connectivity index (χ4n) is 5.80. The van der Waals surface area contributed by atoms with E-state index in [2.05, 4.69) is 17.4 Å². The molecule has 0 bridgehead atoms. The Hall–Kier alpha value is -2.57. The van der Waals surface area contributed by atoms with Crippen LogP contribution in [-0.4, -0.2) is 59.7 Å². The van der Waals surface area contributed by atoms with Crippen LogP contribution in [-0.2, 0) is 16.0 Å². The molecule has 2 atom stereocenters. The Morgan fingerprint density at radius 3 is 2.18 bits per heavy atom. The smallest absolute Gasteiger partial charge is 0.251 e. The van der Waals surface area contributed by atoms with Crippen LogP contribution in [0, 0.1) is 11.8 Å². The molecule has 3 aliphatic rings. The lowest BCUT2D eigenvalue weighted by atomic mass is 9.84. The third kappa shape index (κ3) is 6.35. The van der Waals surface area contributed by atoms with Gasteiger partial charge in [0, 0.05) is 56.5 Å². The minimum absolute atomic E-state index is 0.0599. The van der Waals surface area contributed by atoms with Gasteiger partial charge < -0.3 is 15.1 Å². The Bertz CT molecular complexity index is 1190. The van der Waals surface area contributed by atoms with Crippen molar-refractivity contribution in [3.8, 4) is 0 Å². The zero-order valence-corrected chi connectivity index (χ0v) is 23.3. The quantitative estimate of drug-likeness (QED) is 0.524. The van der Waals surface area contributed by atoms with Crippen molar-refractivity contribution < 1.29 is 14.4 Å². The molecule has 0 spiro atoms. The van der Waals surface area contributed by atoms with Gasteiger partial charge in [0.2, 0.25) is 11.8 Å². The SMILES string of the molecule is CC(=O)N1CCC(C(=O)N2CCC(NC(=O)c3ccc(CC4CC4)cc3)C(c3ccc(Cl)c(Cl)c3)C2)CC1. The first-order valence-corrected chi connectivity index (χ1v) is 14.4. The van der Waals surface area contributed by atoms with E-state index in [9.17, 15) is 14.4 Å². The average molecular weight is 557 g/mol. The first-order chi connectivity index (χ1) is 18.3. The minimum Gasteiger partial charge on any atom is -0.349 e. The van der Waals surface area contributed by atoms with Gasteiger partial charge in [0.1, 0.15) is 0 Å². The van der Waals surface area contributed by atoms with Crippen molar-refractivity contribution in [2.24, 2.45) is 11.8 Å². The second-order valence-corrected chi connectivity index (χ2v) is 11.9. The highest BCUT2D eigenvalue weighted by molar-refractivity contribution is 6.42. The summed E-state index contributed by atoms with van der Waals surface area (Å²) in [4.78, 5) is 42.1. The van der Waals surface area contributed by atoms with E-state index in [1.165, 1.54) is 18.4 Å². The molecule has 2 aromatic carbocycles. The summed E-state index contributed by atoms with van der Waals surface area (Å²) in [7, 11) is 0.